The van der Waals surface area contributed by atoms with Crippen LogP contribution in [0.1, 0.15) is 20.8 Å². The minimum Gasteiger partial charge on any atom is -0.467 e. The van der Waals surface area contributed by atoms with E-state index in [2.05, 4.69) is 0 Å². The van der Waals surface area contributed by atoms with Gasteiger partial charge in [0.2, 0.25) is 12.4 Å². The van der Waals surface area contributed by atoms with Gasteiger partial charge in [-0.3, -0.25) is 14.4 Å². The molecular formula is C23H24O10. The summed E-state index contributed by atoms with van der Waals surface area (Å²) in [5.41, 5.74) is 0. The number of benzene rings is 2. The summed E-state index contributed by atoms with van der Waals surface area (Å²) in [5.74, 6) is -2.80. The van der Waals surface area contributed by atoms with Crippen molar-refractivity contribution in [3.05, 3.63) is 42.5 Å². The molecule has 0 N–H and O–H groups in total. The predicted molar refractivity (Wildman–Crippen MR) is 112 cm³/mol. The highest BCUT2D eigenvalue weighted by Crippen LogP contribution is 2.33. The molecule has 0 saturated carbocycles. The second kappa shape index (κ2) is 10.3. The second-order valence-electron chi connectivity index (χ2n) is 7.27. The molecule has 3 rings (SSSR count). The molecule has 176 valence electrons. The Morgan fingerprint density at radius 3 is 1.97 bits per heavy atom. The maximum absolute atomic E-state index is 12.5. The molecule has 0 radical (unpaired) electrons. The molecule has 33 heavy (non-hydrogen) atoms. The molecule has 0 aromatic heterocycles. The lowest BCUT2D eigenvalue weighted by Crippen LogP contribution is -2.64. The molecule has 1 aliphatic rings. The van der Waals surface area contributed by atoms with E-state index in [0.29, 0.717) is 5.75 Å². The minimum atomic E-state index is -1.52. The van der Waals surface area contributed by atoms with E-state index in [0.717, 1.165) is 38.7 Å². The zero-order valence-electron chi connectivity index (χ0n) is 18.5. The van der Waals surface area contributed by atoms with Crippen molar-refractivity contribution >= 4 is 34.6 Å². The SMILES string of the molecule is COC(=O)C1OC(Oc2cccc3ccccc23)C(OC(C)=O)C(OC(C)=O)C1OC(C)=O. The summed E-state index contributed by atoms with van der Waals surface area (Å²) in [7, 11) is 1.12. The number of fused-ring (bicyclic) bond motifs is 1. The van der Waals surface area contributed by atoms with Crippen LogP contribution >= 0.6 is 0 Å². The molecule has 0 amide bonds. The molecule has 5 unspecified atom stereocenters. The average molecular weight is 460 g/mol. The van der Waals surface area contributed by atoms with E-state index in [-0.39, 0.29) is 0 Å². The van der Waals surface area contributed by atoms with Gasteiger partial charge in [-0.15, -0.1) is 0 Å². The Morgan fingerprint density at radius 2 is 1.33 bits per heavy atom. The summed E-state index contributed by atoms with van der Waals surface area (Å²) in [4.78, 5) is 48.0. The standard InChI is InChI=1S/C23H24O10/c1-12(24)29-18-19(30-13(2)25)21(31-14(3)26)23(33-20(18)22(27)28-4)32-17-11-7-9-15-8-5-6-10-16(15)17/h5-11,18-21,23H,1-4H3. The van der Waals surface area contributed by atoms with Crippen LogP contribution in [0.4, 0.5) is 0 Å². The first kappa shape index (κ1) is 24.0. The van der Waals surface area contributed by atoms with Crippen LogP contribution in [0.25, 0.3) is 10.8 Å². The number of carbonyl (C=O) groups is 4. The van der Waals surface area contributed by atoms with E-state index in [9.17, 15) is 19.2 Å². The molecule has 10 nitrogen and oxygen atoms in total. The van der Waals surface area contributed by atoms with Gasteiger partial charge in [0.15, 0.2) is 18.3 Å². The molecule has 10 heteroatoms. The normalized spacial score (nSPS) is 24.4. The van der Waals surface area contributed by atoms with Crippen molar-refractivity contribution in [3.63, 3.8) is 0 Å². The van der Waals surface area contributed by atoms with E-state index < -0.39 is 54.6 Å². The quantitative estimate of drug-likeness (QED) is 0.466. The fourth-order valence-electron chi connectivity index (χ4n) is 3.60. The Kier molecular flexibility index (Phi) is 7.49. The molecule has 1 aliphatic heterocycles. The van der Waals surface area contributed by atoms with Crippen LogP contribution in [-0.4, -0.2) is 61.7 Å². The zero-order valence-corrected chi connectivity index (χ0v) is 18.5. The largest absolute Gasteiger partial charge is 0.467 e. The van der Waals surface area contributed by atoms with Crippen molar-refractivity contribution in [2.45, 2.75) is 51.5 Å². The summed E-state index contributed by atoms with van der Waals surface area (Å²) in [6.07, 6.45) is -7.14. The highest BCUT2D eigenvalue weighted by molar-refractivity contribution is 5.88. The molecule has 0 spiro atoms. The highest BCUT2D eigenvalue weighted by Gasteiger charge is 2.55. The van der Waals surface area contributed by atoms with Crippen molar-refractivity contribution in [1.82, 2.24) is 0 Å². The van der Waals surface area contributed by atoms with Crippen LogP contribution in [0.3, 0.4) is 0 Å². The maximum atomic E-state index is 12.5. The Balaban J connectivity index is 2.07. The van der Waals surface area contributed by atoms with Crippen molar-refractivity contribution in [2.75, 3.05) is 7.11 Å². The molecule has 2 aromatic carbocycles. The Bertz CT molecular complexity index is 1040. The number of rotatable bonds is 6. The third-order valence-electron chi connectivity index (χ3n) is 4.83. The van der Waals surface area contributed by atoms with Gasteiger partial charge in [-0.25, -0.2) is 4.79 Å². The first-order valence-corrected chi connectivity index (χ1v) is 10.1. The van der Waals surface area contributed by atoms with Crippen LogP contribution < -0.4 is 4.74 Å². The first-order chi connectivity index (χ1) is 15.7. The van der Waals surface area contributed by atoms with Gasteiger partial charge < -0.3 is 28.4 Å². The minimum absolute atomic E-state index is 0.367. The number of esters is 4. The Labute approximate surface area is 189 Å². The van der Waals surface area contributed by atoms with Gasteiger partial charge in [0.25, 0.3) is 0 Å². The molecular weight excluding hydrogens is 436 g/mol. The first-order valence-electron chi connectivity index (χ1n) is 10.1. The van der Waals surface area contributed by atoms with Gasteiger partial charge in [0.05, 0.1) is 7.11 Å². The summed E-state index contributed by atoms with van der Waals surface area (Å²) in [6, 6.07) is 12.7. The Morgan fingerprint density at radius 1 is 0.758 bits per heavy atom. The van der Waals surface area contributed by atoms with Crippen molar-refractivity contribution < 1.29 is 47.6 Å². The topological polar surface area (TPSA) is 124 Å². The van der Waals surface area contributed by atoms with Crippen LogP contribution in [-0.2, 0) is 42.9 Å². The number of hydrogen-bond acceptors (Lipinski definition) is 10. The van der Waals surface area contributed by atoms with Crippen LogP contribution in [0.5, 0.6) is 5.75 Å². The van der Waals surface area contributed by atoms with E-state index in [1.807, 2.05) is 30.3 Å². The van der Waals surface area contributed by atoms with E-state index in [1.54, 1.807) is 12.1 Å². The van der Waals surface area contributed by atoms with Crippen molar-refractivity contribution in [1.29, 1.82) is 0 Å². The fourth-order valence-corrected chi connectivity index (χ4v) is 3.60. The summed E-state index contributed by atoms with van der Waals surface area (Å²) in [6.45, 7) is 3.38. The van der Waals surface area contributed by atoms with Gasteiger partial charge in [-0.1, -0.05) is 36.4 Å². The number of methoxy groups -OCH3 is 1. The fraction of sp³-hybridized carbons (Fsp3) is 0.391. The van der Waals surface area contributed by atoms with Crippen LogP contribution in [0, 0.1) is 0 Å². The smallest absolute Gasteiger partial charge is 0.339 e. The summed E-state index contributed by atoms with van der Waals surface area (Å²) >= 11 is 0. The molecule has 0 aliphatic carbocycles. The van der Waals surface area contributed by atoms with Gasteiger partial charge in [0, 0.05) is 26.2 Å². The number of carbonyl (C=O) groups excluding carboxylic acids is 4. The van der Waals surface area contributed by atoms with Gasteiger partial charge >= 0.3 is 23.9 Å². The molecule has 2 aromatic rings. The van der Waals surface area contributed by atoms with E-state index in [4.69, 9.17) is 28.4 Å². The predicted octanol–water partition coefficient (Wildman–Crippen LogP) is 1.91. The number of hydrogen-bond donors (Lipinski definition) is 0. The molecule has 1 saturated heterocycles. The summed E-state index contributed by atoms with van der Waals surface area (Å²) < 4.78 is 32.5. The lowest BCUT2D eigenvalue weighted by atomic mass is 9.97. The average Bonchev–Trinajstić information content (AvgIpc) is 2.76. The monoisotopic (exact) mass is 460 g/mol. The molecule has 0 bridgehead atoms. The van der Waals surface area contributed by atoms with Gasteiger partial charge in [0.1, 0.15) is 5.75 Å². The lowest BCUT2D eigenvalue weighted by molar-refractivity contribution is -0.282. The maximum Gasteiger partial charge on any atom is 0.339 e. The van der Waals surface area contributed by atoms with E-state index >= 15 is 0 Å². The third kappa shape index (κ3) is 5.58. The van der Waals surface area contributed by atoms with Crippen molar-refractivity contribution in [2.24, 2.45) is 0 Å². The van der Waals surface area contributed by atoms with Gasteiger partial charge in [-0.05, 0) is 11.5 Å². The molecule has 1 heterocycles. The second-order valence-corrected chi connectivity index (χ2v) is 7.27. The summed E-state index contributed by atoms with van der Waals surface area (Å²) in [5, 5.41) is 1.60. The third-order valence-corrected chi connectivity index (χ3v) is 4.83. The molecule has 1 fully saturated rings. The van der Waals surface area contributed by atoms with Gasteiger partial charge in [-0.2, -0.15) is 0 Å². The van der Waals surface area contributed by atoms with Crippen LogP contribution in [0.15, 0.2) is 42.5 Å². The molecule has 5 atom stereocenters. The van der Waals surface area contributed by atoms with Crippen LogP contribution in [0.2, 0.25) is 0 Å². The van der Waals surface area contributed by atoms with Crippen molar-refractivity contribution in [3.8, 4) is 5.75 Å². The van der Waals surface area contributed by atoms with E-state index in [1.165, 1.54) is 0 Å². The Hall–Kier alpha value is -3.66. The number of ether oxygens (including phenoxy) is 6. The lowest BCUT2D eigenvalue weighted by Gasteiger charge is -2.43. The zero-order chi connectivity index (χ0) is 24.1. The highest BCUT2D eigenvalue weighted by atomic mass is 16.7.